The first kappa shape index (κ1) is 8.89. The Morgan fingerprint density at radius 1 is 1.43 bits per heavy atom. The van der Waals surface area contributed by atoms with Crippen LogP contribution in [0.4, 0.5) is 5.82 Å². The van der Waals surface area contributed by atoms with E-state index < -0.39 is 0 Å². The Bertz CT molecular complexity index is 460. The van der Waals surface area contributed by atoms with E-state index in [-0.39, 0.29) is 0 Å². The van der Waals surface area contributed by atoms with Crippen molar-refractivity contribution in [1.29, 1.82) is 0 Å². The van der Waals surface area contributed by atoms with Gasteiger partial charge in [-0.1, -0.05) is 0 Å². The van der Waals surface area contributed by atoms with Crippen LogP contribution >= 0.6 is 0 Å². The maximum atomic E-state index is 5.76. The highest BCUT2D eigenvalue weighted by molar-refractivity contribution is 5.88. The second-order valence-corrected chi connectivity index (χ2v) is 3.07. The van der Waals surface area contributed by atoms with E-state index >= 15 is 0 Å². The Kier molecular flexibility index (Phi) is 2.05. The lowest BCUT2D eigenvalue weighted by molar-refractivity contribution is 0.753. The fourth-order valence-corrected chi connectivity index (χ4v) is 1.50. The van der Waals surface area contributed by atoms with Crippen LogP contribution in [0.15, 0.2) is 6.33 Å². The summed E-state index contributed by atoms with van der Waals surface area (Å²) in [4.78, 5) is 8.05. The van der Waals surface area contributed by atoms with E-state index in [1.165, 1.54) is 6.33 Å². The summed E-state index contributed by atoms with van der Waals surface area (Å²) in [6, 6.07) is 0. The van der Waals surface area contributed by atoms with Crippen LogP contribution in [0.25, 0.3) is 11.0 Å². The Balaban J connectivity index is 2.72. The predicted molar refractivity (Wildman–Crippen MR) is 53.5 cm³/mol. The topological polar surface area (TPSA) is 95.6 Å². The molecule has 0 radical (unpaired) electrons. The van der Waals surface area contributed by atoms with E-state index in [4.69, 9.17) is 11.5 Å². The van der Waals surface area contributed by atoms with Gasteiger partial charge < -0.3 is 11.5 Å². The van der Waals surface area contributed by atoms with Gasteiger partial charge in [0.1, 0.15) is 12.1 Å². The molecule has 0 saturated carbocycles. The lowest BCUT2D eigenvalue weighted by Crippen LogP contribution is -2.04. The summed E-state index contributed by atoms with van der Waals surface area (Å²) in [6.45, 7) is 0.542. The van der Waals surface area contributed by atoms with E-state index in [0.29, 0.717) is 18.8 Å². The average molecular weight is 192 g/mol. The highest BCUT2D eigenvalue weighted by Gasteiger charge is 2.11. The van der Waals surface area contributed by atoms with Crippen molar-refractivity contribution < 1.29 is 0 Å². The summed E-state index contributed by atoms with van der Waals surface area (Å²) in [5.41, 5.74) is 12.9. The van der Waals surface area contributed by atoms with Gasteiger partial charge in [0, 0.05) is 13.5 Å². The van der Waals surface area contributed by atoms with Crippen LogP contribution in [-0.4, -0.2) is 26.3 Å². The first-order valence-corrected chi connectivity index (χ1v) is 4.36. The third kappa shape index (κ3) is 1.20. The van der Waals surface area contributed by atoms with Gasteiger partial charge >= 0.3 is 0 Å². The number of aryl methyl sites for hydroxylation is 1. The summed E-state index contributed by atoms with van der Waals surface area (Å²) in [5, 5.41) is 5.11. The molecular formula is C8H12N6. The van der Waals surface area contributed by atoms with Crippen molar-refractivity contribution in [2.75, 3.05) is 12.3 Å². The Hall–Kier alpha value is -1.69. The van der Waals surface area contributed by atoms with Gasteiger partial charge in [0.2, 0.25) is 0 Å². The monoisotopic (exact) mass is 192 g/mol. The zero-order valence-electron chi connectivity index (χ0n) is 7.94. The second-order valence-electron chi connectivity index (χ2n) is 3.07. The van der Waals surface area contributed by atoms with Crippen molar-refractivity contribution in [3.05, 3.63) is 12.0 Å². The number of nitrogens with zero attached hydrogens (tertiary/aromatic N) is 4. The number of anilines is 1. The summed E-state index contributed by atoms with van der Waals surface area (Å²) in [7, 11) is 1.83. The maximum Gasteiger partial charge on any atom is 0.163 e. The summed E-state index contributed by atoms with van der Waals surface area (Å²) in [5.74, 6) is 0.464. The minimum Gasteiger partial charge on any atom is -0.383 e. The molecule has 6 heteroatoms. The van der Waals surface area contributed by atoms with E-state index in [0.717, 1.165) is 16.7 Å². The minimum absolute atomic E-state index is 0.464. The number of rotatable bonds is 2. The maximum absolute atomic E-state index is 5.76. The summed E-state index contributed by atoms with van der Waals surface area (Å²) < 4.78 is 1.69. The van der Waals surface area contributed by atoms with Crippen LogP contribution in [0.1, 0.15) is 5.69 Å². The molecule has 2 heterocycles. The SMILES string of the molecule is Cn1nc(CCN)c2c(N)ncnc21. The third-order valence-corrected chi connectivity index (χ3v) is 2.10. The minimum atomic E-state index is 0.464. The first-order valence-electron chi connectivity index (χ1n) is 4.36. The molecule has 0 aliphatic heterocycles. The van der Waals surface area contributed by atoms with Crippen LogP contribution in [-0.2, 0) is 13.5 Å². The van der Waals surface area contributed by atoms with Gasteiger partial charge in [-0.15, -0.1) is 0 Å². The molecule has 0 atom stereocenters. The molecule has 0 fully saturated rings. The smallest absolute Gasteiger partial charge is 0.163 e. The van der Waals surface area contributed by atoms with Gasteiger partial charge in [0.15, 0.2) is 5.65 Å². The molecule has 6 nitrogen and oxygen atoms in total. The molecule has 14 heavy (non-hydrogen) atoms. The van der Waals surface area contributed by atoms with E-state index in [2.05, 4.69) is 15.1 Å². The molecule has 0 bridgehead atoms. The molecule has 0 saturated heterocycles. The molecule has 0 spiro atoms. The summed E-state index contributed by atoms with van der Waals surface area (Å²) >= 11 is 0. The molecule has 0 aliphatic carbocycles. The Morgan fingerprint density at radius 2 is 2.21 bits per heavy atom. The average Bonchev–Trinajstić information content (AvgIpc) is 2.46. The van der Waals surface area contributed by atoms with Crippen molar-refractivity contribution >= 4 is 16.9 Å². The molecular weight excluding hydrogens is 180 g/mol. The van der Waals surface area contributed by atoms with Crippen molar-refractivity contribution in [3.8, 4) is 0 Å². The fraction of sp³-hybridized carbons (Fsp3) is 0.375. The molecule has 2 aromatic rings. The van der Waals surface area contributed by atoms with E-state index in [1.54, 1.807) is 4.68 Å². The number of hydrogen-bond acceptors (Lipinski definition) is 5. The highest BCUT2D eigenvalue weighted by Crippen LogP contribution is 2.20. The van der Waals surface area contributed by atoms with Gasteiger partial charge in [-0.2, -0.15) is 5.10 Å². The van der Waals surface area contributed by atoms with Crippen molar-refractivity contribution in [3.63, 3.8) is 0 Å². The van der Waals surface area contributed by atoms with E-state index in [9.17, 15) is 0 Å². The standard InChI is InChI=1S/C8H12N6/c1-14-8-6(5(13-14)2-3-9)7(10)11-4-12-8/h4H,2-3,9H2,1H3,(H2,10,11,12). The Morgan fingerprint density at radius 3 is 2.93 bits per heavy atom. The number of nitrogens with two attached hydrogens (primary N) is 2. The van der Waals surface area contributed by atoms with Crippen molar-refractivity contribution in [2.24, 2.45) is 12.8 Å². The molecule has 4 N–H and O–H groups in total. The van der Waals surface area contributed by atoms with Gasteiger partial charge in [0.25, 0.3) is 0 Å². The van der Waals surface area contributed by atoms with Gasteiger partial charge in [-0.05, 0) is 6.54 Å². The largest absolute Gasteiger partial charge is 0.383 e. The molecule has 0 unspecified atom stereocenters. The third-order valence-electron chi connectivity index (χ3n) is 2.10. The zero-order valence-corrected chi connectivity index (χ0v) is 7.94. The van der Waals surface area contributed by atoms with Crippen LogP contribution in [0.5, 0.6) is 0 Å². The Labute approximate surface area is 80.9 Å². The normalized spacial score (nSPS) is 11.0. The molecule has 2 rings (SSSR count). The van der Waals surface area contributed by atoms with Gasteiger partial charge in [-0.25, -0.2) is 9.97 Å². The number of nitrogen functional groups attached to an aromatic ring is 1. The van der Waals surface area contributed by atoms with Crippen LogP contribution in [0, 0.1) is 0 Å². The molecule has 0 aromatic carbocycles. The number of fused-ring (bicyclic) bond motifs is 1. The summed E-state index contributed by atoms with van der Waals surface area (Å²) in [6.07, 6.45) is 2.13. The van der Waals surface area contributed by atoms with Crippen LogP contribution in [0.3, 0.4) is 0 Å². The first-order chi connectivity index (χ1) is 6.74. The second kappa shape index (κ2) is 3.22. The van der Waals surface area contributed by atoms with E-state index in [1.807, 2.05) is 7.05 Å². The lowest BCUT2D eigenvalue weighted by atomic mass is 10.2. The molecule has 0 amide bonds. The quantitative estimate of drug-likeness (QED) is 0.665. The number of hydrogen-bond donors (Lipinski definition) is 2. The van der Waals surface area contributed by atoms with Crippen LogP contribution in [0.2, 0.25) is 0 Å². The van der Waals surface area contributed by atoms with Crippen LogP contribution < -0.4 is 11.5 Å². The lowest BCUT2D eigenvalue weighted by Gasteiger charge is -1.96. The fourth-order valence-electron chi connectivity index (χ4n) is 1.50. The van der Waals surface area contributed by atoms with Crippen molar-refractivity contribution in [1.82, 2.24) is 19.7 Å². The highest BCUT2D eigenvalue weighted by atomic mass is 15.3. The zero-order chi connectivity index (χ0) is 10.1. The molecule has 2 aromatic heterocycles. The number of aromatic nitrogens is 4. The molecule has 74 valence electrons. The molecule has 0 aliphatic rings. The van der Waals surface area contributed by atoms with Gasteiger partial charge in [0.05, 0.1) is 11.1 Å². The predicted octanol–water partition coefficient (Wildman–Crippen LogP) is -0.553. The van der Waals surface area contributed by atoms with Gasteiger partial charge in [-0.3, -0.25) is 4.68 Å². The van der Waals surface area contributed by atoms with Crippen molar-refractivity contribution in [2.45, 2.75) is 6.42 Å².